The molecule has 148 valence electrons. The van der Waals surface area contributed by atoms with E-state index in [0.29, 0.717) is 11.4 Å². The van der Waals surface area contributed by atoms with Gasteiger partial charge in [-0.15, -0.1) is 0 Å². The minimum atomic E-state index is -0.507. The molecule has 0 fully saturated rings. The molecule has 2 rings (SSSR count). The summed E-state index contributed by atoms with van der Waals surface area (Å²) in [6, 6.07) is 9.70. The number of nitrogens with one attached hydrogen (secondary N) is 2. The Kier molecular flexibility index (Phi) is 7.47. The smallest absolute Gasteiger partial charge is 0.271 e. The first-order valence-corrected chi connectivity index (χ1v) is 9.65. The number of amides is 1. The molecule has 0 aliphatic carbocycles. The summed E-state index contributed by atoms with van der Waals surface area (Å²) >= 11 is 8.59. The van der Waals surface area contributed by atoms with Crippen LogP contribution in [0, 0.1) is 17.0 Å². The molecule has 0 atom stereocenters. The van der Waals surface area contributed by atoms with Crippen LogP contribution in [-0.4, -0.2) is 22.5 Å². The van der Waals surface area contributed by atoms with E-state index in [1.807, 2.05) is 32.9 Å². The van der Waals surface area contributed by atoms with Gasteiger partial charge in [0.25, 0.3) is 11.6 Å². The topological polar surface area (TPSA) is 93.5 Å². The van der Waals surface area contributed by atoms with E-state index in [1.54, 1.807) is 6.07 Å². The van der Waals surface area contributed by atoms with Gasteiger partial charge in [0.05, 0.1) is 4.92 Å². The van der Waals surface area contributed by atoms with Gasteiger partial charge in [-0.25, -0.2) is 0 Å². The van der Waals surface area contributed by atoms with E-state index < -0.39 is 10.8 Å². The molecule has 0 bridgehead atoms. The Morgan fingerprint density at radius 3 is 2.68 bits per heavy atom. The first-order chi connectivity index (χ1) is 13.2. The number of rotatable bonds is 6. The minimum Gasteiger partial charge on any atom is -0.483 e. The van der Waals surface area contributed by atoms with E-state index in [-0.39, 0.29) is 23.3 Å². The van der Waals surface area contributed by atoms with Crippen LogP contribution in [0.15, 0.2) is 40.9 Å². The molecule has 28 heavy (non-hydrogen) atoms. The lowest BCUT2D eigenvalue weighted by molar-refractivity contribution is -0.384. The number of nitro benzene ring substituents is 1. The number of anilines is 1. The van der Waals surface area contributed by atoms with Crippen LogP contribution in [0.3, 0.4) is 0 Å². The van der Waals surface area contributed by atoms with Gasteiger partial charge in [-0.05, 0) is 54.4 Å². The Morgan fingerprint density at radius 2 is 2.04 bits per heavy atom. The number of ether oxygens (including phenoxy) is 1. The molecule has 0 spiro atoms. The van der Waals surface area contributed by atoms with E-state index in [4.69, 9.17) is 17.0 Å². The fourth-order valence-electron chi connectivity index (χ4n) is 2.41. The van der Waals surface area contributed by atoms with Crippen LogP contribution in [0.2, 0.25) is 0 Å². The van der Waals surface area contributed by atoms with E-state index in [1.165, 1.54) is 18.2 Å². The van der Waals surface area contributed by atoms with Gasteiger partial charge < -0.3 is 10.1 Å². The zero-order chi connectivity index (χ0) is 20.8. The molecule has 2 N–H and O–H groups in total. The molecule has 0 unspecified atom stereocenters. The SMILES string of the molecule is Cc1cc(OCC(=O)NC(=S)Nc2cccc([N+](=O)[O-])c2)c(C(C)C)cc1Br. The Balaban J connectivity index is 1.96. The molecule has 1 amide bonds. The van der Waals surface area contributed by atoms with Crippen LogP contribution in [0.4, 0.5) is 11.4 Å². The predicted octanol–water partition coefficient (Wildman–Crippen LogP) is 4.68. The van der Waals surface area contributed by atoms with Gasteiger partial charge in [-0.2, -0.15) is 0 Å². The highest BCUT2D eigenvalue weighted by Gasteiger charge is 2.13. The highest BCUT2D eigenvalue weighted by atomic mass is 79.9. The number of hydrogen-bond donors (Lipinski definition) is 2. The maximum absolute atomic E-state index is 12.1. The number of thiocarbonyl (C=S) groups is 1. The molecule has 0 aliphatic heterocycles. The van der Waals surface area contributed by atoms with Crippen molar-refractivity contribution in [3.05, 3.63) is 62.1 Å². The Labute approximate surface area is 176 Å². The Bertz CT molecular complexity index is 918. The number of carbonyl (C=O) groups excluding carboxylic acids is 1. The van der Waals surface area contributed by atoms with Gasteiger partial charge in [0.2, 0.25) is 0 Å². The third-order valence-corrected chi connectivity index (χ3v) is 4.90. The van der Waals surface area contributed by atoms with Gasteiger partial charge in [0.1, 0.15) is 5.75 Å². The van der Waals surface area contributed by atoms with Crippen LogP contribution in [0.25, 0.3) is 0 Å². The molecule has 0 saturated heterocycles. The molecule has 0 aliphatic rings. The van der Waals surface area contributed by atoms with Gasteiger partial charge in [-0.1, -0.05) is 35.8 Å². The van der Waals surface area contributed by atoms with Crippen LogP contribution in [0.5, 0.6) is 5.75 Å². The number of halogens is 1. The summed E-state index contributed by atoms with van der Waals surface area (Å²) in [4.78, 5) is 22.4. The summed E-state index contributed by atoms with van der Waals surface area (Å²) in [5, 5.41) is 16.1. The average Bonchev–Trinajstić information content (AvgIpc) is 2.62. The van der Waals surface area contributed by atoms with Crippen molar-refractivity contribution in [2.24, 2.45) is 0 Å². The standard InChI is InChI=1S/C19H20BrN3O4S/c1-11(2)15-9-16(20)12(3)7-17(15)27-10-18(24)22-19(28)21-13-5-4-6-14(8-13)23(25)26/h4-9,11H,10H2,1-3H3,(H2,21,22,24,28). The number of nitrogens with zero attached hydrogens (tertiary/aromatic N) is 1. The highest BCUT2D eigenvalue weighted by Crippen LogP contribution is 2.32. The van der Waals surface area contributed by atoms with Crippen LogP contribution in [0.1, 0.15) is 30.9 Å². The van der Waals surface area contributed by atoms with Crippen molar-refractivity contribution >= 4 is 50.5 Å². The van der Waals surface area contributed by atoms with Crippen LogP contribution < -0.4 is 15.4 Å². The molecular weight excluding hydrogens is 446 g/mol. The second kappa shape index (κ2) is 9.61. The molecular formula is C19H20BrN3O4S. The van der Waals surface area contributed by atoms with E-state index in [0.717, 1.165) is 15.6 Å². The lowest BCUT2D eigenvalue weighted by Crippen LogP contribution is -2.37. The summed E-state index contributed by atoms with van der Waals surface area (Å²) in [6.07, 6.45) is 0. The summed E-state index contributed by atoms with van der Waals surface area (Å²) < 4.78 is 6.67. The third-order valence-electron chi connectivity index (χ3n) is 3.84. The molecule has 9 heteroatoms. The lowest BCUT2D eigenvalue weighted by atomic mass is 10.0. The van der Waals surface area contributed by atoms with Crippen molar-refractivity contribution in [1.82, 2.24) is 5.32 Å². The van der Waals surface area contributed by atoms with Gasteiger partial charge in [0.15, 0.2) is 11.7 Å². The van der Waals surface area contributed by atoms with E-state index in [9.17, 15) is 14.9 Å². The summed E-state index contributed by atoms with van der Waals surface area (Å²) in [5.41, 5.74) is 2.32. The number of nitro groups is 1. The third kappa shape index (κ3) is 6.00. The summed E-state index contributed by atoms with van der Waals surface area (Å²) in [6.45, 7) is 5.82. The predicted molar refractivity (Wildman–Crippen MR) is 116 cm³/mol. The first kappa shape index (κ1) is 21.8. The van der Waals surface area contributed by atoms with Crippen LogP contribution >= 0.6 is 28.1 Å². The van der Waals surface area contributed by atoms with Crippen molar-refractivity contribution in [2.45, 2.75) is 26.7 Å². The largest absolute Gasteiger partial charge is 0.483 e. The summed E-state index contributed by atoms with van der Waals surface area (Å²) in [5.74, 6) is 0.438. The highest BCUT2D eigenvalue weighted by molar-refractivity contribution is 9.10. The van der Waals surface area contributed by atoms with Crippen molar-refractivity contribution in [3.63, 3.8) is 0 Å². The molecule has 0 saturated carbocycles. The maximum atomic E-state index is 12.1. The van der Waals surface area contributed by atoms with Gasteiger partial charge in [0, 0.05) is 22.3 Å². The number of hydrogen-bond acceptors (Lipinski definition) is 5. The number of aryl methyl sites for hydroxylation is 1. The second-order valence-electron chi connectivity index (χ2n) is 6.39. The maximum Gasteiger partial charge on any atom is 0.271 e. The number of carbonyl (C=O) groups is 1. The molecule has 2 aromatic carbocycles. The minimum absolute atomic E-state index is 0.0326. The first-order valence-electron chi connectivity index (χ1n) is 8.45. The van der Waals surface area contributed by atoms with Crippen molar-refractivity contribution in [3.8, 4) is 5.75 Å². The van der Waals surface area contributed by atoms with Gasteiger partial charge >= 0.3 is 0 Å². The Hall–Kier alpha value is -2.52. The van der Waals surface area contributed by atoms with Crippen molar-refractivity contribution in [1.29, 1.82) is 0 Å². The summed E-state index contributed by atoms with van der Waals surface area (Å²) in [7, 11) is 0. The Morgan fingerprint density at radius 1 is 1.32 bits per heavy atom. The zero-order valence-electron chi connectivity index (χ0n) is 15.6. The quantitative estimate of drug-likeness (QED) is 0.365. The van der Waals surface area contributed by atoms with E-state index >= 15 is 0 Å². The zero-order valence-corrected chi connectivity index (χ0v) is 18.0. The second-order valence-corrected chi connectivity index (χ2v) is 7.65. The fourth-order valence-corrected chi connectivity index (χ4v) is 3.00. The van der Waals surface area contributed by atoms with Gasteiger partial charge in [-0.3, -0.25) is 20.2 Å². The molecule has 7 nitrogen and oxygen atoms in total. The lowest BCUT2D eigenvalue weighted by Gasteiger charge is -2.16. The fraction of sp³-hybridized carbons (Fsp3) is 0.263. The molecule has 2 aromatic rings. The van der Waals surface area contributed by atoms with Crippen molar-refractivity contribution < 1.29 is 14.5 Å². The van der Waals surface area contributed by atoms with Crippen molar-refractivity contribution in [2.75, 3.05) is 11.9 Å². The molecule has 0 heterocycles. The molecule has 0 radical (unpaired) electrons. The number of benzene rings is 2. The number of non-ortho nitro benzene ring substituents is 1. The monoisotopic (exact) mass is 465 g/mol. The van der Waals surface area contributed by atoms with Crippen LogP contribution in [-0.2, 0) is 4.79 Å². The average molecular weight is 466 g/mol. The normalized spacial score (nSPS) is 10.5. The molecule has 0 aromatic heterocycles. The van der Waals surface area contributed by atoms with E-state index in [2.05, 4.69) is 26.6 Å².